The van der Waals surface area contributed by atoms with Crippen molar-refractivity contribution in [2.24, 2.45) is 0 Å². The zero-order chi connectivity index (χ0) is 14.3. The van der Waals surface area contributed by atoms with Crippen molar-refractivity contribution in [3.63, 3.8) is 0 Å². The molecular formula is C11H20ClN5S2. The van der Waals surface area contributed by atoms with Crippen LogP contribution in [0, 0.1) is 0 Å². The van der Waals surface area contributed by atoms with E-state index in [1.165, 1.54) is 0 Å². The third-order valence-electron chi connectivity index (χ3n) is 2.46. The van der Waals surface area contributed by atoms with Crippen LogP contribution in [0.3, 0.4) is 0 Å². The Bertz CT molecular complexity index is 361. The Morgan fingerprint density at radius 2 is 1.37 bits per heavy atom. The van der Waals surface area contributed by atoms with Gasteiger partial charge in [0, 0.05) is 10.5 Å². The highest BCUT2D eigenvalue weighted by atomic mass is 35.5. The van der Waals surface area contributed by atoms with Gasteiger partial charge in [-0.3, -0.25) is 9.44 Å². The summed E-state index contributed by atoms with van der Waals surface area (Å²) < 4.78 is 6.20. The van der Waals surface area contributed by atoms with Crippen molar-refractivity contribution >= 4 is 47.4 Å². The van der Waals surface area contributed by atoms with Crippen molar-refractivity contribution in [1.82, 2.24) is 15.0 Å². The van der Waals surface area contributed by atoms with Crippen LogP contribution in [0.4, 0.5) is 11.9 Å². The predicted octanol–water partition coefficient (Wildman–Crippen LogP) is 4.24. The summed E-state index contributed by atoms with van der Waals surface area (Å²) in [6.07, 6.45) is 2.15. The second-order valence-electron chi connectivity index (χ2n) is 4.13. The second kappa shape index (κ2) is 8.71. The van der Waals surface area contributed by atoms with E-state index in [1.54, 1.807) is 23.9 Å². The first-order chi connectivity index (χ1) is 9.05. The summed E-state index contributed by atoms with van der Waals surface area (Å²) in [5.41, 5.74) is 0. The van der Waals surface area contributed by atoms with Crippen LogP contribution >= 0.6 is 35.5 Å². The van der Waals surface area contributed by atoms with Crippen LogP contribution in [0.5, 0.6) is 0 Å². The average molecular weight is 322 g/mol. The maximum atomic E-state index is 5.89. The first-order valence-corrected chi connectivity index (χ1v) is 8.43. The molecule has 0 amide bonds. The van der Waals surface area contributed by atoms with Crippen molar-refractivity contribution in [3.05, 3.63) is 5.28 Å². The highest BCUT2D eigenvalue weighted by Crippen LogP contribution is 2.20. The lowest BCUT2D eigenvalue weighted by Crippen LogP contribution is -2.06. The van der Waals surface area contributed by atoms with Gasteiger partial charge in [0.05, 0.1) is 0 Å². The summed E-state index contributed by atoms with van der Waals surface area (Å²) in [7, 11) is 0. The molecule has 108 valence electrons. The molecule has 0 spiro atoms. The Labute approximate surface area is 128 Å². The third-order valence-corrected chi connectivity index (χ3v) is 4.70. The number of hydrogen-bond acceptors (Lipinski definition) is 7. The third kappa shape index (κ3) is 6.54. The van der Waals surface area contributed by atoms with Crippen LogP contribution < -0.4 is 9.44 Å². The Morgan fingerprint density at radius 3 is 1.74 bits per heavy atom. The van der Waals surface area contributed by atoms with Crippen molar-refractivity contribution in [1.29, 1.82) is 0 Å². The molecule has 8 heteroatoms. The fraction of sp³-hybridized carbons (Fsp3) is 0.727. The van der Waals surface area contributed by atoms with E-state index < -0.39 is 0 Å². The van der Waals surface area contributed by atoms with Crippen molar-refractivity contribution < 1.29 is 0 Å². The van der Waals surface area contributed by atoms with E-state index in [1.807, 2.05) is 0 Å². The molecule has 0 fully saturated rings. The second-order valence-corrected chi connectivity index (χ2v) is 6.96. The van der Waals surface area contributed by atoms with Gasteiger partial charge in [-0.1, -0.05) is 27.7 Å². The lowest BCUT2D eigenvalue weighted by molar-refractivity contribution is 0.907. The van der Waals surface area contributed by atoms with Gasteiger partial charge in [-0.2, -0.15) is 15.0 Å². The molecule has 2 unspecified atom stereocenters. The molecule has 0 radical (unpaired) electrons. The molecule has 2 N–H and O–H groups in total. The number of aromatic nitrogens is 3. The summed E-state index contributed by atoms with van der Waals surface area (Å²) in [5.74, 6) is 0.968. The van der Waals surface area contributed by atoms with Crippen LogP contribution in [0.1, 0.15) is 40.5 Å². The number of hydrogen-bond donors (Lipinski definition) is 2. The molecule has 1 heterocycles. The fourth-order valence-corrected chi connectivity index (χ4v) is 2.20. The Hall–Kier alpha value is -0.400. The van der Waals surface area contributed by atoms with Crippen LogP contribution in [0.25, 0.3) is 0 Å². The molecule has 1 aromatic rings. The predicted molar refractivity (Wildman–Crippen MR) is 86.8 cm³/mol. The quantitative estimate of drug-likeness (QED) is 0.694. The molecular weight excluding hydrogens is 302 g/mol. The van der Waals surface area contributed by atoms with Gasteiger partial charge < -0.3 is 0 Å². The SMILES string of the molecule is CCC(C)SNc1nc(Cl)nc(NSC(C)CC)n1. The maximum Gasteiger partial charge on any atom is 0.239 e. The normalized spacial score (nSPS) is 13.9. The number of nitrogens with zero attached hydrogens (tertiary/aromatic N) is 3. The van der Waals surface area contributed by atoms with Gasteiger partial charge in [0.15, 0.2) is 0 Å². The van der Waals surface area contributed by atoms with E-state index in [9.17, 15) is 0 Å². The number of halogens is 1. The van der Waals surface area contributed by atoms with E-state index in [0.29, 0.717) is 22.4 Å². The number of nitrogens with one attached hydrogen (secondary N) is 2. The first-order valence-electron chi connectivity index (χ1n) is 6.30. The van der Waals surface area contributed by atoms with Gasteiger partial charge in [-0.25, -0.2) is 0 Å². The van der Waals surface area contributed by atoms with Gasteiger partial charge in [0.25, 0.3) is 0 Å². The maximum absolute atomic E-state index is 5.89. The topological polar surface area (TPSA) is 62.7 Å². The van der Waals surface area contributed by atoms with E-state index >= 15 is 0 Å². The van der Waals surface area contributed by atoms with Crippen molar-refractivity contribution in [3.8, 4) is 0 Å². The van der Waals surface area contributed by atoms with E-state index in [4.69, 9.17) is 11.6 Å². The molecule has 0 aliphatic rings. The Morgan fingerprint density at radius 1 is 0.947 bits per heavy atom. The number of anilines is 2. The first kappa shape index (κ1) is 16.7. The molecule has 0 bridgehead atoms. The molecule has 0 aliphatic heterocycles. The highest BCUT2D eigenvalue weighted by Gasteiger charge is 2.08. The fourth-order valence-electron chi connectivity index (χ4n) is 0.915. The van der Waals surface area contributed by atoms with Crippen LogP contribution in [-0.4, -0.2) is 25.5 Å². The van der Waals surface area contributed by atoms with Gasteiger partial charge in [0.2, 0.25) is 17.2 Å². The lowest BCUT2D eigenvalue weighted by atomic mass is 10.4. The summed E-state index contributed by atoms with van der Waals surface area (Å²) >= 11 is 9.05. The van der Waals surface area contributed by atoms with Gasteiger partial charge in [-0.15, -0.1) is 0 Å². The van der Waals surface area contributed by atoms with Crippen LogP contribution in [0.2, 0.25) is 5.28 Å². The summed E-state index contributed by atoms with van der Waals surface area (Å²) in [5, 5.41) is 1.16. The molecule has 0 aliphatic carbocycles. The summed E-state index contributed by atoms with van der Waals surface area (Å²) in [4.78, 5) is 12.4. The van der Waals surface area contributed by atoms with Gasteiger partial charge in [-0.05, 0) is 48.3 Å². The smallest absolute Gasteiger partial charge is 0.239 e. The number of rotatable bonds is 8. The van der Waals surface area contributed by atoms with Gasteiger partial charge in [0.1, 0.15) is 0 Å². The van der Waals surface area contributed by atoms with Crippen LogP contribution in [-0.2, 0) is 0 Å². The minimum atomic E-state index is 0.189. The van der Waals surface area contributed by atoms with Crippen LogP contribution in [0.15, 0.2) is 0 Å². The Balaban J connectivity index is 2.60. The minimum Gasteiger partial charge on any atom is -0.298 e. The molecule has 2 atom stereocenters. The molecule has 0 saturated heterocycles. The largest absolute Gasteiger partial charge is 0.298 e. The molecule has 19 heavy (non-hydrogen) atoms. The standard InChI is InChI=1S/C11H20ClN5S2/c1-5-7(3)18-16-10-13-9(12)14-11(15-10)17-19-8(4)6-2/h7-8H,5-6H2,1-4H3,(H2,13,14,15,16,17). The van der Waals surface area contributed by atoms with Gasteiger partial charge >= 0.3 is 0 Å². The average Bonchev–Trinajstić information content (AvgIpc) is 2.41. The zero-order valence-corrected chi connectivity index (χ0v) is 14.0. The zero-order valence-electron chi connectivity index (χ0n) is 11.6. The molecule has 1 aromatic heterocycles. The molecule has 0 aromatic carbocycles. The van der Waals surface area contributed by atoms with Crippen molar-refractivity contribution in [2.45, 2.75) is 51.0 Å². The van der Waals surface area contributed by atoms with E-state index in [2.05, 4.69) is 52.1 Å². The van der Waals surface area contributed by atoms with E-state index in [0.717, 1.165) is 12.8 Å². The lowest BCUT2D eigenvalue weighted by Gasteiger charge is -2.11. The monoisotopic (exact) mass is 321 g/mol. The summed E-state index contributed by atoms with van der Waals surface area (Å²) in [6.45, 7) is 8.54. The summed E-state index contributed by atoms with van der Waals surface area (Å²) in [6, 6.07) is 0. The molecule has 5 nitrogen and oxygen atoms in total. The highest BCUT2D eigenvalue weighted by molar-refractivity contribution is 8.01. The Kier molecular flexibility index (Phi) is 7.63. The van der Waals surface area contributed by atoms with Crippen molar-refractivity contribution in [2.75, 3.05) is 9.44 Å². The molecule has 0 saturated carbocycles. The van der Waals surface area contributed by atoms with E-state index in [-0.39, 0.29) is 5.28 Å². The molecule has 1 rings (SSSR count). The minimum absolute atomic E-state index is 0.189.